The van der Waals surface area contributed by atoms with Crippen LogP contribution in [0, 0.1) is 11.6 Å². The third-order valence-electron chi connectivity index (χ3n) is 1.61. The van der Waals surface area contributed by atoms with Gasteiger partial charge in [0.25, 0.3) is 0 Å². The normalized spacial score (nSPS) is 10.1. The Morgan fingerprint density at radius 3 is 2.60 bits per heavy atom. The average Bonchev–Trinajstić information content (AvgIpc) is 2.14. The quantitative estimate of drug-likeness (QED) is 0.661. The van der Waals surface area contributed by atoms with E-state index in [1.165, 1.54) is 6.07 Å². The maximum atomic E-state index is 13.1. The van der Waals surface area contributed by atoms with Gasteiger partial charge in [-0.25, -0.2) is 8.78 Å². The van der Waals surface area contributed by atoms with Crippen molar-refractivity contribution in [1.29, 1.82) is 0 Å². The predicted octanol–water partition coefficient (Wildman–Crippen LogP) is 3.45. The highest BCUT2D eigenvalue weighted by molar-refractivity contribution is 9.10. The van der Waals surface area contributed by atoms with Gasteiger partial charge in [-0.2, -0.15) is 0 Å². The van der Waals surface area contributed by atoms with E-state index in [9.17, 15) is 13.6 Å². The number of benzene rings is 1. The van der Waals surface area contributed by atoms with Gasteiger partial charge in [-0.15, -0.1) is 0 Å². The van der Waals surface area contributed by atoms with Crippen LogP contribution >= 0.6 is 31.9 Å². The first kappa shape index (κ1) is 12.6. The van der Waals surface area contributed by atoms with Crippen LogP contribution in [-0.2, 0) is 4.79 Å². The number of halogens is 4. The second-order valence-electron chi connectivity index (χ2n) is 2.73. The fourth-order valence-electron chi connectivity index (χ4n) is 0.917. The highest BCUT2D eigenvalue weighted by Gasteiger charge is 2.10. The van der Waals surface area contributed by atoms with Crippen molar-refractivity contribution in [1.82, 2.24) is 0 Å². The van der Waals surface area contributed by atoms with Gasteiger partial charge in [-0.3, -0.25) is 4.79 Å². The molecule has 0 spiro atoms. The zero-order chi connectivity index (χ0) is 11.4. The lowest BCUT2D eigenvalue weighted by molar-refractivity contribution is -0.115. The number of amides is 1. The van der Waals surface area contributed by atoms with Gasteiger partial charge in [-0.1, -0.05) is 15.9 Å². The molecule has 82 valence electrons. The van der Waals surface area contributed by atoms with E-state index in [4.69, 9.17) is 0 Å². The van der Waals surface area contributed by atoms with Crippen molar-refractivity contribution in [3.63, 3.8) is 0 Å². The summed E-state index contributed by atoms with van der Waals surface area (Å²) in [5.41, 5.74) is -0.0331. The summed E-state index contributed by atoms with van der Waals surface area (Å²) in [7, 11) is 0. The molecule has 1 aromatic carbocycles. The molecule has 1 aromatic rings. The second-order valence-corrected chi connectivity index (χ2v) is 4.38. The van der Waals surface area contributed by atoms with Crippen LogP contribution in [0.25, 0.3) is 0 Å². The Balaban J connectivity index is 2.86. The van der Waals surface area contributed by atoms with Crippen LogP contribution in [0.3, 0.4) is 0 Å². The third-order valence-corrected chi connectivity index (χ3v) is 2.61. The van der Waals surface area contributed by atoms with Gasteiger partial charge in [0, 0.05) is 17.8 Å². The topological polar surface area (TPSA) is 29.1 Å². The molecule has 0 fully saturated rings. The number of alkyl halides is 1. The molecule has 6 heteroatoms. The molecular weight excluding hydrogens is 336 g/mol. The van der Waals surface area contributed by atoms with E-state index in [0.29, 0.717) is 11.4 Å². The minimum Gasteiger partial charge on any atom is -0.324 e. The molecule has 2 nitrogen and oxygen atoms in total. The smallest absolute Gasteiger partial charge is 0.225 e. The Bertz CT molecular complexity index is 385. The van der Waals surface area contributed by atoms with Crippen molar-refractivity contribution < 1.29 is 13.6 Å². The summed E-state index contributed by atoms with van der Waals surface area (Å²) in [5.74, 6) is -1.83. The van der Waals surface area contributed by atoms with E-state index >= 15 is 0 Å². The van der Waals surface area contributed by atoms with Gasteiger partial charge in [0.15, 0.2) is 0 Å². The number of nitrogens with one attached hydrogen (secondary N) is 1. The lowest BCUT2D eigenvalue weighted by atomic mass is 10.3. The molecular formula is C9H7Br2F2NO. The fourth-order valence-corrected chi connectivity index (χ4v) is 1.62. The summed E-state index contributed by atoms with van der Waals surface area (Å²) in [5, 5.41) is 2.83. The van der Waals surface area contributed by atoms with E-state index < -0.39 is 11.6 Å². The molecule has 0 saturated heterocycles. The van der Waals surface area contributed by atoms with Crippen LogP contribution in [0.2, 0.25) is 0 Å². The molecule has 0 unspecified atom stereocenters. The summed E-state index contributed by atoms with van der Waals surface area (Å²) in [6, 6.07) is 1.91. The van der Waals surface area contributed by atoms with E-state index in [0.717, 1.165) is 0 Å². The van der Waals surface area contributed by atoms with E-state index in [1.807, 2.05) is 0 Å². The first-order valence-corrected chi connectivity index (χ1v) is 5.96. The van der Waals surface area contributed by atoms with Crippen LogP contribution in [-0.4, -0.2) is 11.2 Å². The molecule has 0 radical (unpaired) electrons. The van der Waals surface area contributed by atoms with Crippen LogP contribution in [0.1, 0.15) is 6.42 Å². The van der Waals surface area contributed by atoms with Crippen molar-refractivity contribution in [2.75, 3.05) is 10.6 Å². The van der Waals surface area contributed by atoms with Crippen LogP contribution in [0.15, 0.2) is 16.6 Å². The molecule has 0 heterocycles. The maximum absolute atomic E-state index is 13.1. The summed E-state index contributed by atoms with van der Waals surface area (Å²) in [4.78, 5) is 11.1. The van der Waals surface area contributed by atoms with Gasteiger partial charge in [-0.05, 0) is 22.0 Å². The van der Waals surface area contributed by atoms with E-state index in [2.05, 4.69) is 37.2 Å². The van der Waals surface area contributed by atoms with Crippen molar-refractivity contribution in [3.8, 4) is 0 Å². The van der Waals surface area contributed by atoms with Crippen LogP contribution < -0.4 is 5.32 Å². The highest BCUT2D eigenvalue weighted by Crippen LogP contribution is 2.23. The minimum atomic E-state index is -0.793. The Labute approximate surface area is 102 Å². The Morgan fingerprint density at radius 1 is 1.33 bits per heavy atom. The summed E-state index contributed by atoms with van der Waals surface area (Å²) in [6.07, 6.45) is 0.231. The molecule has 0 aliphatic carbocycles. The average molecular weight is 343 g/mol. The van der Waals surface area contributed by atoms with Crippen molar-refractivity contribution in [2.24, 2.45) is 0 Å². The van der Waals surface area contributed by atoms with Crippen molar-refractivity contribution >= 4 is 43.5 Å². The van der Waals surface area contributed by atoms with Gasteiger partial charge >= 0.3 is 0 Å². The number of rotatable bonds is 3. The second kappa shape index (κ2) is 5.55. The number of carbonyl (C=O) groups excluding carboxylic acids is 1. The number of hydrogen-bond donors (Lipinski definition) is 1. The Morgan fingerprint density at radius 2 is 2.00 bits per heavy atom. The molecule has 0 atom stereocenters. The first-order chi connectivity index (χ1) is 7.04. The molecule has 0 bridgehead atoms. The third kappa shape index (κ3) is 3.53. The molecule has 0 saturated carbocycles. The molecule has 1 N–H and O–H groups in total. The number of carbonyl (C=O) groups is 1. The van der Waals surface area contributed by atoms with Crippen LogP contribution in [0.5, 0.6) is 0 Å². The Hall–Kier alpha value is -0.490. The zero-order valence-electron chi connectivity index (χ0n) is 7.49. The zero-order valence-corrected chi connectivity index (χ0v) is 10.7. The van der Waals surface area contributed by atoms with Crippen LogP contribution in [0.4, 0.5) is 14.5 Å². The minimum absolute atomic E-state index is 0.0331. The SMILES string of the molecule is O=C(CCBr)Nc1cc(Br)c(F)cc1F. The van der Waals surface area contributed by atoms with Gasteiger partial charge in [0.2, 0.25) is 5.91 Å². The van der Waals surface area contributed by atoms with Gasteiger partial charge in [0.05, 0.1) is 10.2 Å². The molecule has 15 heavy (non-hydrogen) atoms. The summed E-state index contributed by atoms with van der Waals surface area (Å²) in [6.45, 7) is 0. The summed E-state index contributed by atoms with van der Waals surface area (Å²) < 4.78 is 26.1. The fraction of sp³-hybridized carbons (Fsp3) is 0.222. The largest absolute Gasteiger partial charge is 0.324 e. The van der Waals surface area contributed by atoms with Crippen molar-refractivity contribution in [2.45, 2.75) is 6.42 Å². The number of hydrogen-bond acceptors (Lipinski definition) is 1. The molecule has 0 aromatic heterocycles. The predicted molar refractivity (Wildman–Crippen MR) is 61.1 cm³/mol. The molecule has 0 aliphatic rings. The van der Waals surface area contributed by atoms with Gasteiger partial charge < -0.3 is 5.32 Å². The standard InChI is InChI=1S/C9H7Br2F2NO/c10-2-1-9(15)14-8-3-5(11)6(12)4-7(8)13/h3-4H,1-2H2,(H,14,15). The highest BCUT2D eigenvalue weighted by atomic mass is 79.9. The number of anilines is 1. The monoisotopic (exact) mass is 341 g/mol. The van der Waals surface area contributed by atoms with E-state index in [1.54, 1.807) is 0 Å². The molecule has 1 amide bonds. The summed E-state index contributed by atoms with van der Waals surface area (Å²) >= 11 is 5.99. The van der Waals surface area contributed by atoms with Crippen molar-refractivity contribution in [3.05, 3.63) is 28.2 Å². The Kier molecular flexibility index (Phi) is 4.66. The van der Waals surface area contributed by atoms with Gasteiger partial charge in [0.1, 0.15) is 11.6 Å². The first-order valence-electron chi connectivity index (χ1n) is 4.05. The molecule has 0 aliphatic heterocycles. The van der Waals surface area contributed by atoms with E-state index in [-0.39, 0.29) is 22.5 Å². The lowest BCUT2D eigenvalue weighted by Crippen LogP contribution is -2.13. The maximum Gasteiger partial charge on any atom is 0.225 e. The molecule has 1 rings (SSSR count). The lowest BCUT2D eigenvalue weighted by Gasteiger charge is -2.06.